The molecule has 40 heavy (non-hydrogen) atoms. The number of nitrogens with zero attached hydrogens (tertiary/aromatic N) is 3. The van der Waals surface area contributed by atoms with Crippen LogP contribution in [-0.2, 0) is 21.1 Å². The standard InChI is InChI=1S/C31H34N4O4S/c32-21-31(14-15-31)34-30(36)26-9-5-4-8-25(26)29-28(33-27(39-29)20-22-6-2-1-3-7-22)23-10-12-24(13-11-23)35-16-18-40(37,38)19-17-35/h1-3,6-7,10-13,25-26H,4-5,8-9,14-20H2,(H,34,36). The van der Waals surface area contributed by atoms with E-state index in [1.165, 1.54) is 0 Å². The van der Waals surface area contributed by atoms with E-state index >= 15 is 0 Å². The lowest BCUT2D eigenvalue weighted by Gasteiger charge is -2.30. The molecule has 2 heterocycles. The van der Waals surface area contributed by atoms with Crippen LogP contribution in [0.1, 0.15) is 61.7 Å². The number of hydrogen-bond acceptors (Lipinski definition) is 7. The molecule has 2 aromatic carbocycles. The minimum absolute atomic E-state index is 0.0638. The zero-order chi connectivity index (χ0) is 27.7. The van der Waals surface area contributed by atoms with Gasteiger partial charge in [0.25, 0.3) is 0 Å². The molecular weight excluding hydrogens is 524 g/mol. The number of amides is 1. The first-order valence-corrected chi connectivity index (χ1v) is 16.0. The maximum Gasteiger partial charge on any atom is 0.225 e. The first-order valence-electron chi connectivity index (χ1n) is 14.2. The zero-order valence-electron chi connectivity index (χ0n) is 22.5. The SMILES string of the molecule is N#CC1(NC(=O)C2CCCCC2c2oc(Cc3ccccc3)nc2-c2ccc(N3CCS(=O)(=O)CC3)cc2)CC1. The molecule has 0 spiro atoms. The van der Waals surface area contributed by atoms with Gasteiger partial charge in [-0.2, -0.15) is 5.26 Å². The number of aromatic nitrogens is 1. The monoisotopic (exact) mass is 558 g/mol. The van der Waals surface area contributed by atoms with E-state index in [-0.39, 0.29) is 29.2 Å². The lowest BCUT2D eigenvalue weighted by atomic mass is 9.76. The topological polar surface area (TPSA) is 116 Å². The van der Waals surface area contributed by atoms with Crippen LogP contribution in [0.4, 0.5) is 5.69 Å². The number of anilines is 1. The number of benzene rings is 2. The molecule has 1 saturated heterocycles. The van der Waals surface area contributed by atoms with Crippen LogP contribution in [0.15, 0.2) is 59.0 Å². The van der Waals surface area contributed by atoms with Crippen molar-refractivity contribution in [3.05, 3.63) is 71.8 Å². The summed E-state index contributed by atoms with van der Waals surface area (Å²) in [6, 6.07) is 20.4. The van der Waals surface area contributed by atoms with Gasteiger partial charge < -0.3 is 14.6 Å². The molecule has 3 aromatic rings. The van der Waals surface area contributed by atoms with Gasteiger partial charge in [0, 0.05) is 42.6 Å². The van der Waals surface area contributed by atoms with Crippen molar-refractivity contribution >= 4 is 21.4 Å². The van der Waals surface area contributed by atoms with Crippen molar-refractivity contribution in [3.8, 4) is 17.3 Å². The second-order valence-corrected chi connectivity index (χ2v) is 13.7. The summed E-state index contributed by atoms with van der Waals surface area (Å²) < 4.78 is 30.2. The first kappa shape index (κ1) is 26.6. The third-order valence-electron chi connectivity index (χ3n) is 8.51. The number of rotatable bonds is 7. The summed E-state index contributed by atoms with van der Waals surface area (Å²) in [5, 5.41) is 12.6. The van der Waals surface area contributed by atoms with Crippen LogP contribution in [0.25, 0.3) is 11.3 Å². The van der Waals surface area contributed by atoms with Crippen LogP contribution >= 0.6 is 0 Å². The summed E-state index contributed by atoms with van der Waals surface area (Å²) in [6.45, 7) is 0.975. The molecule has 0 bridgehead atoms. The van der Waals surface area contributed by atoms with E-state index in [1.807, 2.05) is 54.6 Å². The summed E-state index contributed by atoms with van der Waals surface area (Å²) in [7, 11) is -2.95. The van der Waals surface area contributed by atoms with Gasteiger partial charge in [-0.15, -0.1) is 0 Å². The summed E-state index contributed by atoms with van der Waals surface area (Å²) in [5.41, 5.74) is 3.04. The maximum absolute atomic E-state index is 13.4. The van der Waals surface area contributed by atoms with Gasteiger partial charge in [-0.25, -0.2) is 13.4 Å². The Labute approximate surface area is 235 Å². The molecular formula is C31H34N4O4S. The van der Waals surface area contributed by atoms with E-state index in [0.717, 1.165) is 54.0 Å². The van der Waals surface area contributed by atoms with Crippen molar-refractivity contribution in [1.29, 1.82) is 5.26 Å². The van der Waals surface area contributed by atoms with Gasteiger partial charge >= 0.3 is 0 Å². The number of carbonyl (C=O) groups excluding carboxylic acids is 1. The van der Waals surface area contributed by atoms with Crippen molar-refractivity contribution < 1.29 is 17.6 Å². The van der Waals surface area contributed by atoms with Crippen molar-refractivity contribution in [2.75, 3.05) is 29.5 Å². The average Bonchev–Trinajstić information content (AvgIpc) is 3.63. The smallest absolute Gasteiger partial charge is 0.225 e. The highest BCUT2D eigenvalue weighted by Gasteiger charge is 2.47. The fraction of sp³-hybridized carbons (Fsp3) is 0.452. The molecule has 2 atom stereocenters. The van der Waals surface area contributed by atoms with E-state index < -0.39 is 15.4 Å². The van der Waals surface area contributed by atoms with Crippen LogP contribution in [0, 0.1) is 17.2 Å². The summed E-state index contributed by atoms with van der Waals surface area (Å²) in [4.78, 5) is 20.5. The lowest BCUT2D eigenvalue weighted by molar-refractivity contribution is -0.127. The molecule has 2 saturated carbocycles. The fourth-order valence-electron chi connectivity index (χ4n) is 5.96. The van der Waals surface area contributed by atoms with Gasteiger partial charge in [0.1, 0.15) is 17.0 Å². The van der Waals surface area contributed by atoms with Crippen molar-refractivity contribution in [3.63, 3.8) is 0 Å². The van der Waals surface area contributed by atoms with E-state index in [2.05, 4.69) is 16.3 Å². The third kappa shape index (κ3) is 5.64. The molecule has 3 fully saturated rings. The molecule has 1 N–H and O–H groups in total. The Bertz CT molecular complexity index is 1510. The molecule has 0 radical (unpaired) electrons. The Balaban J connectivity index is 1.31. The maximum atomic E-state index is 13.4. The van der Waals surface area contributed by atoms with E-state index in [9.17, 15) is 18.5 Å². The van der Waals surface area contributed by atoms with Gasteiger partial charge in [0.05, 0.1) is 17.6 Å². The van der Waals surface area contributed by atoms with Crippen molar-refractivity contribution in [2.45, 2.75) is 56.4 Å². The zero-order valence-corrected chi connectivity index (χ0v) is 23.3. The number of hydrogen-bond donors (Lipinski definition) is 1. The minimum Gasteiger partial charge on any atom is -0.444 e. The number of nitriles is 1. The second-order valence-electron chi connectivity index (χ2n) is 11.3. The predicted octanol–water partition coefficient (Wildman–Crippen LogP) is 4.61. The summed E-state index contributed by atoms with van der Waals surface area (Å²) in [5.74, 6) is 1.23. The fourth-order valence-corrected chi connectivity index (χ4v) is 7.16. The Morgan fingerprint density at radius 1 is 1.05 bits per heavy atom. The highest BCUT2D eigenvalue weighted by Crippen LogP contribution is 2.44. The molecule has 1 aromatic heterocycles. The van der Waals surface area contributed by atoms with Crippen molar-refractivity contribution in [1.82, 2.24) is 10.3 Å². The molecule has 6 rings (SSSR count). The average molecular weight is 559 g/mol. The molecule has 2 unspecified atom stereocenters. The first-order chi connectivity index (χ1) is 19.3. The van der Waals surface area contributed by atoms with Crippen LogP contribution in [-0.4, -0.2) is 49.4 Å². The van der Waals surface area contributed by atoms with Gasteiger partial charge in [-0.3, -0.25) is 4.79 Å². The lowest BCUT2D eigenvalue weighted by Crippen LogP contribution is -2.42. The largest absolute Gasteiger partial charge is 0.444 e. The molecule has 1 amide bonds. The quantitative estimate of drug-likeness (QED) is 0.450. The summed E-state index contributed by atoms with van der Waals surface area (Å²) in [6.07, 6.45) is 5.51. The van der Waals surface area contributed by atoms with Gasteiger partial charge in [0.15, 0.2) is 15.7 Å². The normalized spacial score (nSPS) is 23.2. The van der Waals surface area contributed by atoms with Gasteiger partial charge in [-0.05, 0) is 43.4 Å². The van der Waals surface area contributed by atoms with Crippen LogP contribution < -0.4 is 10.2 Å². The predicted molar refractivity (Wildman–Crippen MR) is 152 cm³/mol. The van der Waals surface area contributed by atoms with Gasteiger partial charge in [-0.1, -0.05) is 55.3 Å². The third-order valence-corrected chi connectivity index (χ3v) is 10.1. The molecule has 1 aliphatic heterocycles. The second kappa shape index (κ2) is 10.7. The number of sulfone groups is 1. The van der Waals surface area contributed by atoms with Crippen LogP contribution in [0.5, 0.6) is 0 Å². The molecule has 3 aliphatic rings. The van der Waals surface area contributed by atoms with Crippen molar-refractivity contribution in [2.24, 2.45) is 5.92 Å². The molecule has 8 nitrogen and oxygen atoms in total. The van der Waals surface area contributed by atoms with E-state index in [0.29, 0.717) is 38.2 Å². The number of carbonyl (C=O) groups is 1. The minimum atomic E-state index is -2.95. The molecule has 9 heteroatoms. The Morgan fingerprint density at radius 2 is 1.75 bits per heavy atom. The summed E-state index contributed by atoms with van der Waals surface area (Å²) >= 11 is 0. The highest BCUT2D eigenvalue weighted by atomic mass is 32.2. The number of oxazole rings is 1. The van der Waals surface area contributed by atoms with Crippen LogP contribution in [0.2, 0.25) is 0 Å². The Kier molecular flexibility index (Phi) is 7.13. The number of nitrogens with one attached hydrogen (secondary N) is 1. The highest BCUT2D eigenvalue weighted by molar-refractivity contribution is 7.91. The van der Waals surface area contributed by atoms with Gasteiger partial charge in [0.2, 0.25) is 5.91 Å². The molecule has 208 valence electrons. The van der Waals surface area contributed by atoms with Crippen LogP contribution in [0.3, 0.4) is 0 Å². The van der Waals surface area contributed by atoms with E-state index in [4.69, 9.17) is 9.40 Å². The van der Waals surface area contributed by atoms with E-state index in [1.54, 1.807) is 0 Å². The molecule has 2 aliphatic carbocycles. The Morgan fingerprint density at radius 3 is 2.42 bits per heavy atom. The Hall–Kier alpha value is -3.64.